The summed E-state index contributed by atoms with van der Waals surface area (Å²) in [6.45, 7) is 4.51. The van der Waals surface area contributed by atoms with Crippen LogP contribution in [0.25, 0.3) is 0 Å². The molecule has 0 fully saturated rings. The van der Waals surface area contributed by atoms with Crippen LogP contribution in [0.3, 0.4) is 0 Å². The summed E-state index contributed by atoms with van der Waals surface area (Å²) in [5.74, 6) is -0.210. The molecule has 0 spiro atoms. The summed E-state index contributed by atoms with van der Waals surface area (Å²) in [6, 6.07) is -0.905. The van der Waals surface area contributed by atoms with E-state index in [-0.39, 0.29) is 12.5 Å². The fourth-order valence-corrected chi connectivity index (χ4v) is 8.27. The lowest BCUT2D eigenvalue weighted by atomic mass is 10.0. The number of likely N-dealkylation sites (N-methyl/N-ethyl adjacent to an activating group) is 1. The van der Waals surface area contributed by atoms with Crippen molar-refractivity contribution in [3.63, 3.8) is 0 Å². The van der Waals surface area contributed by atoms with E-state index in [2.05, 4.69) is 43.5 Å². The molecule has 3 unspecified atom stereocenters. The molecule has 0 heterocycles. The van der Waals surface area contributed by atoms with E-state index in [0.717, 1.165) is 51.4 Å². The van der Waals surface area contributed by atoms with Crippen LogP contribution in [-0.2, 0) is 18.4 Å². The van der Waals surface area contributed by atoms with Crippen LogP contribution in [-0.4, -0.2) is 68.5 Å². The van der Waals surface area contributed by atoms with Crippen LogP contribution >= 0.6 is 7.82 Å². The fourth-order valence-electron chi connectivity index (χ4n) is 7.55. The lowest BCUT2D eigenvalue weighted by molar-refractivity contribution is -0.870. The summed E-state index contributed by atoms with van der Waals surface area (Å²) in [5, 5.41) is 13.7. The third-order valence-corrected chi connectivity index (χ3v) is 12.6. The molecule has 0 aromatic rings. The molecular weight excluding hydrogens is 780 g/mol. The predicted octanol–water partition coefficient (Wildman–Crippen LogP) is 14.4. The maximum absolute atomic E-state index is 12.9. The molecule has 1 amide bonds. The summed E-state index contributed by atoms with van der Waals surface area (Å²) in [5.41, 5.74) is 0. The maximum atomic E-state index is 12.9. The molecule has 0 rings (SSSR count). The Labute approximate surface area is 378 Å². The molecule has 0 aromatic heterocycles. The van der Waals surface area contributed by atoms with E-state index < -0.39 is 26.6 Å². The first-order chi connectivity index (χ1) is 29.5. The second kappa shape index (κ2) is 43.9. The number of rotatable bonds is 47. The van der Waals surface area contributed by atoms with E-state index in [1.807, 2.05) is 27.2 Å². The van der Waals surface area contributed by atoms with Gasteiger partial charge in [-0.3, -0.25) is 9.36 Å². The van der Waals surface area contributed by atoms with E-state index in [1.54, 1.807) is 6.08 Å². The molecule has 360 valence electrons. The molecule has 0 aliphatic rings. The second-order valence-corrected chi connectivity index (χ2v) is 20.2. The van der Waals surface area contributed by atoms with Gasteiger partial charge in [-0.1, -0.05) is 230 Å². The summed E-state index contributed by atoms with van der Waals surface area (Å²) >= 11 is 0. The Bertz CT molecular complexity index is 1090. The SMILES string of the molecule is CC/C=C/CC/C=C/CC/C=C/C(O)C(COP(=O)([O-])OCC[N+](C)(C)C)NC(=O)CCCCCCCCCCCCCCCCCCCCCCCCCCCCCCC. The van der Waals surface area contributed by atoms with E-state index >= 15 is 0 Å². The summed E-state index contributed by atoms with van der Waals surface area (Å²) in [6.07, 6.45) is 55.3. The van der Waals surface area contributed by atoms with Crippen molar-refractivity contribution in [2.45, 2.75) is 251 Å². The second-order valence-electron chi connectivity index (χ2n) is 18.8. The molecule has 0 aliphatic carbocycles. The number of nitrogens with zero attached hydrogens (tertiary/aromatic N) is 1. The quantitative estimate of drug-likeness (QED) is 0.0273. The first kappa shape index (κ1) is 59.7. The Kier molecular flexibility index (Phi) is 43.0. The lowest BCUT2D eigenvalue weighted by Crippen LogP contribution is -2.45. The molecule has 9 heteroatoms. The van der Waals surface area contributed by atoms with Crippen LogP contribution in [0.4, 0.5) is 0 Å². The first-order valence-electron chi connectivity index (χ1n) is 25.9. The summed E-state index contributed by atoms with van der Waals surface area (Å²) < 4.78 is 23.2. The number of allylic oxidation sites excluding steroid dienone is 5. The van der Waals surface area contributed by atoms with Gasteiger partial charge in [0.25, 0.3) is 7.82 Å². The molecule has 0 aromatic carbocycles. The third-order valence-electron chi connectivity index (χ3n) is 11.6. The molecule has 0 saturated carbocycles. The van der Waals surface area contributed by atoms with Crippen molar-refractivity contribution >= 4 is 13.7 Å². The fraction of sp³-hybridized carbons (Fsp3) is 0.865. The minimum Gasteiger partial charge on any atom is -0.756 e. The zero-order chi connectivity index (χ0) is 45.0. The molecule has 0 radical (unpaired) electrons. The van der Waals surface area contributed by atoms with Crippen LogP contribution < -0.4 is 10.2 Å². The van der Waals surface area contributed by atoms with Gasteiger partial charge in [0.15, 0.2) is 0 Å². The molecular formula is C52H101N2O6P. The molecule has 0 aliphatic heterocycles. The van der Waals surface area contributed by atoms with Crippen molar-refractivity contribution in [2.75, 3.05) is 40.9 Å². The highest BCUT2D eigenvalue weighted by Gasteiger charge is 2.23. The number of hydrogen-bond acceptors (Lipinski definition) is 6. The summed E-state index contributed by atoms with van der Waals surface area (Å²) in [7, 11) is 1.24. The molecule has 0 saturated heterocycles. The number of aliphatic hydroxyl groups excluding tert-OH is 1. The van der Waals surface area contributed by atoms with Gasteiger partial charge in [-0.05, 0) is 38.5 Å². The first-order valence-corrected chi connectivity index (χ1v) is 27.3. The highest BCUT2D eigenvalue weighted by atomic mass is 31.2. The number of carbonyl (C=O) groups excluding carboxylic acids is 1. The molecule has 61 heavy (non-hydrogen) atoms. The Balaban J connectivity index is 4.02. The Hall–Kier alpha value is -1.28. The topological polar surface area (TPSA) is 108 Å². The number of phosphoric acid groups is 1. The van der Waals surface area contributed by atoms with Crippen LogP contribution in [0, 0.1) is 0 Å². The molecule has 3 atom stereocenters. The number of phosphoric ester groups is 1. The number of nitrogens with one attached hydrogen (secondary N) is 1. The monoisotopic (exact) mass is 881 g/mol. The standard InChI is InChI=1S/C52H101N2O6P/c1-6-8-10-12-14-16-18-19-20-21-22-23-24-25-26-27-28-29-30-31-32-33-34-35-36-38-40-42-44-46-52(56)53-50(49-60-61(57,58)59-48-47-54(3,4)5)51(55)45-43-41-39-37-17-15-13-11-9-7-2/h9,11,17,37,43,45,50-51,55H,6-8,10,12-16,18-36,38-42,44,46-49H2,1-5H3,(H-,53,56,57,58)/b11-9+,37-17+,45-43+. The van der Waals surface area contributed by atoms with Gasteiger partial charge in [-0.25, -0.2) is 0 Å². The van der Waals surface area contributed by atoms with Gasteiger partial charge >= 0.3 is 0 Å². The van der Waals surface area contributed by atoms with Gasteiger partial charge < -0.3 is 28.8 Å². The minimum atomic E-state index is -4.59. The van der Waals surface area contributed by atoms with E-state index in [0.29, 0.717) is 17.4 Å². The average molecular weight is 881 g/mol. The maximum Gasteiger partial charge on any atom is 0.268 e. The predicted molar refractivity (Wildman–Crippen MR) is 261 cm³/mol. The van der Waals surface area contributed by atoms with Crippen molar-refractivity contribution in [1.82, 2.24) is 5.32 Å². The number of unbranched alkanes of at least 4 members (excludes halogenated alkanes) is 30. The van der Waals surface area contributed by atoms with Gasteiger partial charge in [0.05, 0.1) is 39.9 Å². The molecule has 0 bridgehead atoms. The highest BCUT2D eigenvalue weighted by Crippen LogP contribution is 2.38. The lowest BCUT2D eigenvalue weighted by Gasteiger charge is -2.29. The van der Waals surface area contributed by atoms with Crippen LogP contribution in [0.5, 0.6) is 0 Å². The Morgan fingerprint density at radius 2 is 0.934 bits per heavy atom. The molecule has 8 nitrogen and oxygen atoms in total. The largest absolute Gasteiger partial charge is 0.756 e. The summed E-state index contributed by atoms with van der Waals surface area (Å²) in [4.78, 5) is 25.3. The van der Waals surface area contributed by atoms with E-state index in [4.69, 9.17) is 9.05 Å². The van der Waals surface area contributed by atoms with Crippen molar-refractivity contribution in [3.05, 3.63) is 36.5 Å². The van der Waals surface area contributed by atoms with Crippen molar-refractivity contribution in [3.8, 4) is 0 Å². The van der Waals surface area contributed by atoms with Crippen molar-refractivity contribution in [2.24, 2.45) is 0 Å². The van der Waals surface area contributed by atoms with Gasteiger partial charge in [-0.2, -0.15) is 0 Å². The zero-order valence-corrected chi connectivity index (χ0v) is 41.8. The third kappa shape index (κ3) is 46.5. The van der Waals surface area contributed by atoms with Gasteiger partial charge in [0, 0.05) is 6.42 Å². The zero-order valence-electron chi connectivity index (χ0n) is 40.9. The van der Waals surface area contributed by atoms with E-state index in [1.165, 1.54) is 167 Å². The number of hydrogen-bond donors (Lipinski definition) is 2. The minimum absolute atomic E-state index is 0.00810. The van der Waals surface area contributed by atoms with Gasteiger partial charge in [-0.15, -0.1) is 0 Å². The number of aliphatic hydroxyl groups is 1. The normalized spacial score (nSPS) is 14.4. The Morgan fingerprint density at radius 1 is 0.574 bits per heavy atom. The highest BCUT2D eigenvalue weighted by molar-refractivity contribution is 7.45. The van der Waals surface area contributed by atoms with Gasteiger partial charge in [0.1, 0.15) is 13.2 Å². The number of amides is 1. The van der Waals surface area contributed by atoms with Crippen LogP contribution in [0.2, 0.25) is 0 Å². The van der Waals surface area contributed by atoms with E-state index in [9.17, 15) is 19.4 Å². The van der Waals surface area contributed by atoms with Crippen LogP contribution in [0.15, 0.2) is 36.5 Å². The smallest absolute Gasteiger partial charge is 0.268 e. The van der Waals surface area contributed by atoms with Crippen molar-refractivity contribution < 1.29 is 32.9 Å². The van der Waals surface area contributed by atoms with Crippen LogP contribution in [0.1, 0.15) is 239 Å². The molecule has 2 N–H and O–H groups in total. The number of carbonyl (C=O) groups is 1. The Morgan fingerprint density at radius 3 is 1.31 bits per heavy atom. The number of quaternary nitrogens is 1. The van der Waals surface area contributed by atoms with Crippen molar-refractivity contribution in [1.29, 1.82) is 0 Å². The average Bonchev–Trinajstić information content (AvgIpc) is 3.21. The van der Waals surface area contributed by atoms with Gasteiger partial charge in [0.2, 0.25) is 5.91 Å².